The van der Waals surface area contributed by atoms with Gasteiger partial charge >= 0.3 is 0 Å². The molecule has 0 heterocycles. The third-order valence-electron chi connectivity index (χ3n) is 5.29. The van der Waals surface area contributed by atoms with Crippen molar-refractivity contribution in [1.82, 2.24) is 10.2 Å². The van der Waals surface area contributed by atoms with Crippen molar-refractivity contribution in [3.8, 4) is 5.75 Å². The monoisotopic (exact) mass is 428 g/mol. The van der Waals surface area contributed by atoms with E-state index in [-0.39, 0.29) is 30.8 Å². The van der Waals surface area contributed by atoms with E-state index in [2.05, 4.69) is 5.32 Å². The molecule has 6 heteroatoms. The van der Waals surface area contributed by atoms with Crippen molar-refractivity contribution in [1.29, 1.82) is 0 Å². The number of carbonyl (C=O) groups is 2. The summed E-state index contributed by atoms with van der Waals surface area (Å²) in [5.74, 6) is -0.0856. The lowest BCUT2D eigenvalue weighted by Gasteiger charge is -2.30. The highest BCUT2D eigenvalue weighted by Crippen LogP contribution is 2.16. The fourth-order valence-electron chi connectivity index (χ4n) is 3.05. The Balaban J connectivity index is 2.01. The van der Waals surface area contributed by atoms with Crippen LogP contribution in [-0.4, -0.2) is 35.4 Å². The highest BCUT2D eigenvalue weighted by atomic mass is 19.1. The number of ether oxygens (including phenoxy) is 1. The molecule has 0 aliphatic carbocycles. The predicted octanol–water partition coefficient (Wildman–Crippen LogP) is 4.63. The van der Waals surface area contributed by atoms with Crippen molar-refractivity contribution >= 4 is 11.8 Å². The van der Waals surface area contributed by atoms with E-state index in [0.29, 0.717) is 18.6 Å². The molecule has 0 saturated carbocycles. The van der Waals surface area contributed by atoms with Crippen molar-refractivity contribution in [3.05, 3.63) is 65.5 Å². The molecule has 0 radical (unpaired) electrons. The number of aryl methyl sites for hydroxylation is 1. The van der Waals surface area contributed by atoms with Crippen LogP contribution in [0.15, 0.2) is 48.5 Å². The molecule has 31 heavy (non-hydrogen) atoms. The highest BCUT2D eigenvalue weighted by molar-refractivity contribution is 5.87. The average Bonchev–Trinajstić information content (AvgIpc) is 2.76. The van der Waals surface area contributed by atoms with Crippen LogP contribution in [0.1, 0.15) is 51.2 Å². The lowest BCUT2D eigenvalue weighted by molar-refractivity contribution is -0.141. The molecule has 0 saturated heterocycles. The lowest BCUT2D eigenvalue weighted by atomic mass is 10.1. The van der Waals surface area contributed by atoms with E-state index >= 15 is 0 Å². The second-order valence-electron chi connectivity index (χ2n) is 7.87. The van der Waals surface area contributed by atoms with Gasteiger partial charge in [-0.3, -0.25) is 9.59 Å². The summed E-state index contributed by atoms with van der Waals surface area (Å²) in [6.07, 6.45) is 1.50. The number of amides is 2. The molecule has 2 atom stereocenters. The van der Waals surface area contributed by atoms with Gasteiger partial charge in [-0.25, -0.2) is 4.39 Å². The van der Waals surface area contributed by atoms with Crippen LogP contribution in [0.3, 0.4) is 0 Å². The third kappa shape index (κ3) is 7.70. The van der Waals surface area contributed by atoms with Crippen LogP contribution < -0.4 is 10.1 Å². The minimum atomic E-state index is -0.709. The van der Waals surface area contributed by atoms with E-state index in [1.54, 1.807) is 25.1 Å². The van der Waals surface area contributed by atoms with Gasteiger partial charge in [-0.05, 0) is 51.8 Å². The number of hydrogen-bond donors (Lipinski definition) is 1. The third-order valence-corrected chi connectivity index (χ3v) is 5.29. The number of rotatable bonds is 11. The Kier molecular flexibility index (Phi) is 9.50. The second-order valence-corrected chi connectivity index (χ2v) is 7.87. The van der Waals surface area contributed by atoms with Gasteiger partial charge in [0.2, 0.25) is 11.8 Å². The number of benzene rings is 2. The minimum absolute atomic E-state index is 0.00303. The van der Waals surface area contributed by atoms with Crippen LogP contribution >= 0.6 is 0 Å². The van der Waals surface area contributed by atoms with Crippen LogP contribution in [0.5, 0.6) is 5.75 Å². The van der Waals surface area contributed by atoms with Gasteiger partial charge in [-0.15, -0.1) is 0 Å². The zero-order valence-corrected chi connectivity index (χ0v) is 18.9. The molecule has 5 nitrogen and oxygen atoms in total. The topological polar surface area (TPSA) is 58.6 Å². The van der Waals surface area contributed by atoms with Gasteiger partial charge in [0.05, 0.1) is 6.61 Å². The quantitative estimate of drug-likeness (QED) is 0.531. The Morgan fingerprint density at radius 3 is 2.42 bits per heavy atom. The number of nitrogens with one attached hydrogen (secondary N) is 1. The van der Waals surface area contributed by atoms with Crippen molar-refractivity contribution in [2.24, 2.45) is 0 Å². The summed E-state index contributed by atoms with van der Waals surface area (Å²) in [6.45, 7) is 8.00. The number of hydrogen-bond acceptors (Lipinski definition) is 3. The zero-order valence-electron chi connectivity index (χ0n) is 18.9. The Morgan fingerprint density at radius 2 is 1.77 bits per heavy atom. The Hall–Kier alpha value is -2.89. The molecule has 0 fully saturated rings. The first-order chi connectivity index (χ1) is 14.8. The van der Waals surface area contributed by atoms with E-state index in [4.69, 9.17) is 4.74 Å². The van der Waals surface area contributed by atoms with E-state index in [9.17, 15) is 14.0 Å². The van der Waals surface area contributed by atoms with Gasteiger partial charge in [0.15, 0.2) is 0 Å². The first-order valence-electron chi connectivity index (χ1n) is 10.8. The maximum absolute atomic E-state index is 14.2. The molecule has 0 aliphatic rings. The van der Waals surface area contributed by atoms with Crippen LogP contribution in [0.25, 0.3) is 0 Å². The van der Waals surface area contributed by atoms with Crippen molar-refractivity contribution in [2.75, 3.05) is 6.61 Å². The maximum atomic E-state index is 14.2. The molecule has 168 valence electrons. The van der Waals surface area contributed by atoms with Gasteiger partial charge in [-0.1, -0.05) is 42.8 Å². The van der Waals surface area contributed by atoms with Crippen molar-refractivity contribution in [3.63, 3.8) is 0 Å². The molecule has 2 aromatic rings. The van der Waals surface area contributed by atoms with E-state index in [1.165, 1.54) is 11.0 Å². The summed E-state index contributed by atoms with van der Waals surface area (Å²) in [5, 5.41) is 2.91. The molecule has 0 bridgehead atoms. The van der Waals surface area contributed by atoms with Gasteiger partial charge in [0, 0.05) is 24.6 Å². The normalized spacial score (nSPS) is 12.7. The molecular formula is C25H33FN2O3. The van der Waals surface area contributed by atoms with Crippen LogP contribution in [0, 0.1) is 12.7 Å². The number of halogens is 1. The molecule has 0 aliphatic heterocycles. The van der Waals surface area contributed by atoms with E-state index in [0.717, 1.165) is 17.7 Å². The smallest absolute Gasteiger partial charge is 0.242 e. The standard InChI is InChI=1S/C25H33FN2O3/c1-5-19(3)27-25(30)20(4)28(17-21-9-6-7-10-23(21)26)24(29)11-8-16-31-22-14-12-18(2)13-15-22/h6-7,9-10,12-15,19-20H,5,8,11,16-17H2,1-4H3,(H,27,30)/t19-,20-/m0/s1. The zero-order chi connectivity index (χ0) is 22.8. The van der Waals surface area contributed by atoms with Gasteiger partial charge < -0.3 is 15.0 Å². The van der Waals surface area contributed by atoms with Crippen molar-refractivity contribution in [2.45, 2.75) is 65.6 Å². The van der Waals surface area contributed by atoms with E-state index < -0.39 is 11.9 Å². The second kappa shape index (κ2) is 12.1. The molecule has 2 rings (SSSR count). The summed E-state index contributed by atoms with van der Waals surface area (Å²) in [6, 6.07) is 13.3. The first-order valence-corrected chi connectivity index (χ1v) is 10.8. The Labute approximate surface area is 184 Å². The number of carbonyl (C=O) groups excluding carboxylic acids is 2. The largest absolute Gasteiger partial charge is 0.494 e. The minimum Gasteiger partial charge on any atom is -0.494 e. The molecule has 2 amide bonds. The molecule has 0 spiro atoms. The SMILES string of the molecule is CC[C@H](C)NC(=O)[C@H](C)N(Cc1ccccc1F)C(=O)CCCOc1ccc(C)cc1. The molecule has 2 aromatic carbocycles. The van der Waals surface area contributed by atoms with Crippen LogP contribution in [-0.2, 0) is 16.1 Å². The molecule has 0 aromatic heterocycles. The van der Waals surface area contributed by atoms with Gasteiger partial charge in [0.25, 0.3) is 0 Å². The Morgan fingerprint density at radius 1 is 1.10 bits per heavy atom. The number of nitrogens with zero attached hydrogens (tertiary/aromatic N) is 1. The summed E-state index contributed by atoms with van der Waals surface area (Å²) < 4.78 is 19.9. The summed E-state index contributed by atoms with van der Waals surface area (Å²) in [4.78, 5) is 27.1. The van der Waals surface area contributed by atoms with Gasteiger partial charge in [-0.2, -0.15) is 0 Å². The average molecular weight is 429 g/mol. The van der Waals surface area contributed by atoms with E-state index in [1.807, 2.05) is 45.0 Å². The predicted molar refractivity (Wildman–Crippen MR) is 120 cm³/mol. The highest BCUT2D eigenvalue weighted by Gasteiger charge is 2.27. The first kappa shape index (κ1) is 24.4. The summed E-state index contributed by atoms with van der Waals surface area (Å²) >= 11 is 0. The molecule has 1 N–H and O–H groups in total. The fraction of sp³-hybridized carbons (Fsp3) is 0.440. The summed E-state index contributed by atoms with van der Waals surface area (Å²) in [7, 11) is 0. The van der Waals surface area contributed by atoms with Crippen molar-refractivity contribution < 1.29 is 18.7 Å². The molecular weight excluding hydrogens is 395 g/mol. The Bertz CT molecular complexity index is 854. The molecule has 0 unspecified atom stereocenters. The maximum Gasteiger partial charge on any atom is 0.242 e. The van der Waals surface area contributed by atoms with Crippen LogP contribution in [0.2, 0.25) is 0 Å². The van der Waals surface area contributed by atoms with Gasteiger partial charge in [0.1, 0.15) is 17.6 Å². The summed E-state index contributed by atoms with van der Waals surface area (Å²) in [5.41, 5.74) is 1.53. The van der Waals surface area contributed by atoms with Crippen LogP contribution in [0.4, 0.5) is 4.39 Å². The fourth-order valence-corrected chi connectivity index (χ4v) is 3.05. The lowest BCUT2D eigenvalue weighted by Crippen LogP contribution is -2.49.